The van der Waals surface area contributed by atoms with Crippen molar-refractivity contribution in [3.63, 3.8) is 0 Å². The molecule has 1 aromatic heterocycles. The Hall–Kier alpha value is -2.76. The van der Waals surface area contributed by atoms with E-state index in [9.17, 15) is 8.78 Å². The molecule has 0 aliphatic rings. The lowest BCUT2D eigenvalue weighted by molar-refractivity contribution is 0.515. The van der Waals surface area contributed by atoms with E-state index in [1.807, 2.05) is 0 Å². The Balaban J connectivity index is 1.67. The van der Waals surface area contributed by atoms with Gasteiger partial charge in [0.05, 0.1) is 6.54 Å². The highest BCUT2D eigenvalue weighted by Gasteiger charge is 2.08. The molecule has 0 aliphatic carbocycles. The fourth-order valence-corrected chi connectivity index (χ4v) is 1.78. The molecule has 3 rings (SSSR count). The third-order valence-corrected chi connectivity index (χ3v) is 2.85. The van der Waals surface area contributed by atoms with E-state index in [0.717, 1.165) is 5.69 Å². The average molecular weight is 287 g/mol. The summed E-state index contributed by atoms with van der Waals surface area (Å²) in [5.41, 5.74) is 1.40. The minimum absolute atomic E-state index is 0.295. The van der Waals surface area contributed by atoms with Gasteiger partial charge in [-0.1, -0.05) is 0 Å². The Labute approximate surface area is 119 Å². The van der Waals surface area contributed by atoms with Crippen molar-refractivity contribution in [3.05, 3.63) is 66.1 Å². The molecule has 21 heavy (non-hydrogen) atoms. The molecule has 2 aromatic carbocycles. The molecule has 0 unspecified atom stereocenters. The predicted molar refractivity (Wildman–Crippen MR) is 73.4 cm³/mol. The van der Waals surface area contributed by atoms with Gasteiger partial charge in [-0.05, 0) is 48.5 Å². The molecule has 6 heteroatoms. The first-order valence-electron chi connectivity index (χ1n) is 6.28. The van der Waals surface area contributed by atoms with Crippen molar-refractivity contribution in [2.75, 3.05) is 5.32 Å². The highest BCUT2D eigenvalue weighted by molar-refractivity contribution is 5.52. The first-order chi connectivity index (χ1) is 10.2. The lowest BCUT2D eigenvalue weighted by atomic mass is 10.2. The van der Waals surface area contributed by atoms with Crippen LogP contribution in [0.1, 0.15) is 5.89 Å². The van der Waals surface area contributed by atoms with Crippen molar-refractivity contribution in [2.45, 2.75) is 6.54 Å². The zero-order chi connectivity index (χ0) is 14.7. The number of benzene rings is 2. The van der Waals surface area contributed by atoms with Gasteiger partial charge in [-0.15, -0.1) is 10.2 Å². The highest BCUT2D eigenvalue weighted by atomic mass is 19.1. The fourth-order valence-electron chi connectivity index (χ4n) is 1.78. The molecule has 0 radical (unpaired) electrons. The minimum atomic E-state index is -0.323. The number of rotatable bonds is 4. The number of halogens is 2. The Kier molecular flexibility index (Phi) is 3.59. The molecule has 1 heterocycles. The third kappa shape index (κ3) is 3.22. The van der Waals surface area contributed by atoms with Crippen LogP contribution in [0.25, 0.3) is 11.5 Å². The molecule has 1 N–H and O–H groups in total. The zero-order valence-electron chi connectivity index (χ0n) is 10.9. The van der Waals surface area contributed by atoms with Crippen LogP contribution in [0.15, 0.2) is 52.9 Å². The van der Waals surface area contributed by atoms with E-state index < -0.39 is 0 Å². The molecule has 0 atom stereocenters. The second-order valence-corrected chi connectivity index (χ2v) is 4.37. The van der Waals surface area contributed by atoms with Crippen LogP contribution in [0.4, 0.5) is 14.5 Å². The summed E-state index contributed by atoms with van der Waals surface area (Å²) < 4.78 is 31.1. The van der Waals surface area contributed by atoms with Crippen LogP contribution in [-0.4, -0.2) is 10.2 Å². The van der Waals surface area contributed by atoms with Gasteiger partial charge in [0, 0.05) is 11.3 Å². The molecule has 0 saturated carbocycles. The summed E-state index contributed by atoms with van der Waals surface area (Å²) in [4.78, 5) is 0. The van der Waals surface area contributed by atoms with Gasteiger partial charge in [-0.25, -0.2) is 8.78 Å². The second kappa shape index (κ2) is 5.70. The first-order valence-corrected chi connectivity index (χ1v) is 6.28. The quantitative estimate of drug-likeness (QED) is 0.796. The Morgan fingerprint density at radius 2 is 1.48 bits per heavy atom. The van der Waals surface area contributed by atoms with Crippen molar-refractivity contribution in [2.24, 2.45) is 0 Å². The number of hydrogen-bond donors (Lipinski definition) is 1. The van der Waals surface area contributed by atoms with Gasteiger partial charge in [0.15, 0.2) is 0 Å². The Morgan fingerprint density at radius 3 is 2.14 bits per heavy atom. The smallest absolute Gasteiger partial charge is 0.247 e. The van der Waals surface area contributed by atoms with E-state index in [1.165, 1.54) is 24.3 Å². The molecular formula is C15H11F2N3O. The predicted octanol–water partition coefficient (Wildman–Crippen LogP) is 3.63. The second-order valence-electron chi connectivity index (χ2n) is 4.37. The lowest BCUT2D eigenvalue weighted by Crippen LogP contribution is -1.99. The number of hydrogen-bond acceptors (Lipinski definition) is 4. The average Bonchev–Trinajstić information content (AvgIpc) is 2.96. The zero-order valence-corrected chi connectivity index (χ0v) is 10.9. The van der Waals surface area contributed by atoms with E-state index in [2.05, 4.69) is 15.5 Å². The number of anilines is 1. The van der Waals surface area contributed by atoms with Crippen molar-refractivity contribution in [3.8, 4) is 11.5 Å². The van der Waals surface area contributed by atoms with Gasteiger partial charge in [0.2, 0.25) is 11.8 Å². The van der Waals surface area contributed by atoms with E-state index in [4.69, 9.17) is 4.42 Å². The third-order valence-electron chi connectivity index (χ3n) is 2.85. The highest BCUT2D eigenvalue weighted by Crippen LogP contribution is 2.18. The molecule has 0 amide bonds. The molecule has 0 fully saturated rings. The standard InChI is InChI=1S/C15H11F2N3O/c16-11-3-1-10(2-4-11)15-20-19-14(21-15)9-18-13-7-5-12(17)6-8-13/h1-8,18H,9H2. The molecule has 0 bridgehead atoms. The van der Waals surface area contributed by atoms with Crippen LogP contribution in [0.3, 0.4) is 0 Å². The Morgan fingerprint density at radius 1 is 0.857 bits per heavy atom. The fraction of sp³-hybridized carbons (Fsp3) is 0.0667. The van der Waals surface area contributed by atoms with Crippen LogP contribution < -0.4 is 5.32 Å². The number of aromatic nitrogens is 2. The molecule has 0 spiro atoms. The maximum atomic E-state index is 12.8. The van der Waals surface area contributed by atoms with E-state index in [1.54, 1.807) is 24.3 Å². The van der Waals surface area contributed by atoms with Gasteiger partial charge in [0.1, 0.15) is 11.6 Å². The molecule has 3 aromatic rings. The first kappa shape index (κ1) is 13.2. The van der Waals surface area contributed by atoms with Gasteiger partial charge < -0.3 is 9.73 Å². The van der Waals surface area contributed by atoms with Crippen LogP contribution in [-0.2, 0) is 6.54 Å². The van der Waals surface area contributed by atoms with Crippen LogP contribution in [0.2, 0.25) is 0 Å². The summed E-state index contributed by atoms with van der Waals surface area (Å²) in [5, 5.41) is 10.8. The van der Waals surface area contributed by atoms with Crippen molar-refractivity contribution < 1.29 is 13.2 Å². The summed E-state index contributed by atoms with van der Waals surface area (Å²) in [6.45, 7) is 0.319. The topological polar surface area (TPSA) is 51.0 Å². The van der Waals surface area contributed by atoms with Crippen LogP contribution in [0, 0.1) is 11.6 Å². The van der Waals surface area contributed by atoms with Crippen molar-refractivity contribution >= 4 is 5.69 Å². The van der Waals surface area contributed by atoms with Gasteiger partial charge >= 0.3 is 0 Å². The minimum Gasteiger partial charge on any atom is -0.419 e. The van der Waals surface area contributed by atoms with Gasteiger partial charge in [0.25, 0.3) is 0 Å². The summed E-state index contributed by atoms with van der Waals surface area (Å²) >= 11 is 0. The molecule has 0 saturated heterocycles. The number of nitrogens with one attached hydrogen (secondary N) is 1. The number of nitrogens with zero attached hydrogens (tertiary/aromatic N) is 2. The summed E-state index contributed by atoms with van der Waals surface area (Å²) in [5.74, 6) is 0.0953. The van der Waals surface area contributed by atoms with Crippen LogP contribution >= 0.6 is 0 Å². The molecule has 4 nitrogen and oxygen atoms in total. The largest absolute Gasteiger partial charge is 0.419 e. The normalized spacial score (nSPS) is 10.6. The molecule has 0 aliphatic heterocycles. The van der Waals surface area contributed by atoms with Crippen LogP contribution in [0.5, 0.6) is 0 Å². The van der Waals surface area contributed by atoms with E-state index >= 15 is 0 Å². The van der Waals surface area contributed by atoms with E-state index in [-0.39, 0.29) is 11.6 Å². The van der Waals surface area contributed by atoms with Crippen molar-refractivity contribution in [1.82, 2.24) is 10.2 Å². The van der Waals surface area contributed by atoms with Gasteiger partial charge in [-0.3, -0.25) is 0 Å². The molecule has 106 valence electrons. The van der Waals surface area contributed by atoms with Gasteiger partial charge in [-0.2, -0.15) is 0 Å². The maximum absolute atomic E-state index is 12.8. The van der Waals surface area contributed by atoms with E-state index in [0.29, 0.717) is 23.9 Å². The molecular weight excluding hydrogens is 276 g/mol. The maximum Gasteiger partial charge on any atom is 0.247 e. The summed E-state index contributed by atoms with van der Waals surface area (Å²) in [6.07, 6.45) is 0. The summed E-state index contributed by atoms with van der Waals surface area (Å²) in [7, 11) is 0. The monoisotopic (exact) mass is 287 g/mol. The lowest BCUT2D eigenvalue weighted by Gasteiger charge is -2.02. The SMILES string of the molecule is Fc1ccc(NCc2nnc(-c3ccc(F)cc3)o2)cc1. The summed E-state index contributed by atoms with van der Waals surface area (Å²) in [6, 6.07) is 11.8. The van der Waals surface area contributed by atoms with Crippen molar-refractivity contribution in [1.29, 1.82) is 0 Å². The Bertz CT molecular complexity index is 723.